The molecule has 0 aromatic heterocycles. The van der Waals surface area contributed by atoms with Crippen molar-refractivity contribution >= 4 is 17.9 Å². The van der Waals surface area contributed by atoms with E-state index < -0.39 is 18.1 Å². The molecule has 0 aliphatic carbocycles. The van der Waals surface area contributed by atoms with Gasteiger partial charge in [-0.25, -0.2) is 0 Å². The molecule has 2 atom stereocenters. The van der Waals surface area contributed by atoms with Crippen LogP contribution in [0.1, 0.15) is 206 Å². The Labute approximate surface area is 399 Å². The summed E-state index contributed by atoms with van der Waals surface area (Å²) in [7, 11) is 5.40. The van der Waals surface area contributed by atoms with Crippen molar-refractivity contribution in [3.63, 3.8) is 0 Å². The van der Waals surface area contributed by atoms with Gasteiger partial charge in [0.05, 0.1) is 40.3 Å². The van der Waals surface area contributed by atoms with Gasteiger partial charge in [0.25, 0.3) is 0 Å². The highest BCUT2D eigenvalue weighted by molar-refractivity contribution is 5.70. The normalized spacial score (nSPS) is 13.6. The van der Waals surface area contributed by atoms with Crippen molar-refractivity contribution in [1.29, 1.82) is 0 Å². The minimum atomic E-state index is -1.13. The maximum Gasteiger partial charge on any atom is 0.306 e. The number of esters is 2. The van der Waals surface area contributed by atoms with Gasteiger partial charge in [0.1, 0.15) is 12.6 Å². The summed E-state index contributed by atoms with van der Waals surface area (Å²) in [4.78, 5) is 37.1. The first-order chi connectivity index (χ1) is 31.6. The highest BCUT2D eigenvalue weighted by Crippen LogP contribution is 2.15. The van der Waals surface area contributed by atoms with Gasteiger partial charge in [-0.15, -0.1) is 0 Å². The van der Waals surface area contributed by atoms with Gasteiger partial charge in [0.15, 0.2) is 6.10 Å². The number of hydrogen-bond donors (Lipinski definition) is 0. The molecular weight excluding hydrogens is 811 g/mol. The van der Waals surface area contributed by atoms with Crippen LogP contribution >= 0.6 is 0 Å². The van der Waals surface area contributed by atoms with Crippen LogP contribution in [-0.2, 0) is 28.6 Å². The average molecular weight is 908 g/mol. The van der Waals surface area contributed by atoms with Gasteiger partial charge in [-0.05, 0) is 83.5 Å². The molecule has 0 aromatic rings. The molecule has 2 unspecified atom stereocenters. The van der Waals surface area contributed by atoms with Crippen LogP contribution in [0.3, 0.4) is 0 Å². The van der Waals surface area contributed by atoms with Crippen LogP contribution in [0.25, 0.3) is 0 Å². The van der Waals surface area contributed by atoms with E-state index in [1.54, 1.807) is 21.1 Å². The summed E-state index contributed by atoms with van der Waals surface area (Å²) < 4.78 is 17.2. The summed E-state index contributed by atoms with van der Waals surface area (Å²) in [5.74, 6) is -1.77. The Morgan fingerprint density at radius 2 is 0.815 bits per heavy atom. The van der Waals surface area contributed by atoms with Crippen molar-refractivity contribution in [2.24, 2.45) is 0 Å². The third-order valence-corrected chi connectivity index (χ3v) is 11.3. The first-order valence-corrected chi connectivity index (χ1v) is 26.1. The molecule has 0 bridgehead atoms. The van der Waals surface area contributed by atoms with E-state index >= 15 is 0 Å². The van der Waals surface area contributed by atoms with Crippen molar-refractivity contribution < 1.29 is 38.2 Å². The van der Waals surface area contributed by atoms with Crippen LogP contribution in [0.15, 0.2) is 85.1 Å². The summed E-state index contributed by atoms with van der Waals surface area (Å²) >= 11 is 0. The van der Waals surface area contributed by atoms with Crippen molar-refractivity contribution in [3.8, 4) is 0 Å². The van der Waals surface area contributed by atoms with Gasteiger partial charge in [0.2, 0.25) is 0 Å². The molecule has 0 aromatic carbocycles. The van der Waals surface area contributed by atoms with Gasteiger partial charge in [-0.2, -0.15) is 0 Å². The van der Waals surface area contributed by atoms with Gasteiger partial charge in [0, 0.05) is 19.3 Å². The van der Waals surface area contributed by atoms with Gasteiger partial charge < -0.3 is 28.6 Å². The van der Waals surface area contributed by atoms with Gasteiger partial charge >= 0.3 is 11.9 Å². The number of unbranched alkanes of at least 4 members (excludes halogenated alkanes) is 18. The predicted molar refractivity (Wildman–Crippen MR) is 272 cm³/mol. The van der Waals surface area contributed by atoms with E-state index in [0.29, 0.717) is 6.42 Å². The number of carboxylic acids is 1. The number of carboxylic acid groups (broad SMARTS) is 1. The van der Waals surface area contributed by atoms with E-state index in [9.17, 15) is 19.5 Å². The SMILES string of the molecule is CC/C=C/C/C=C/C/C=C/C/C=C/C/C=C/CCCCCCC(=O)OC(COCCC(C(=O)[O-])[N+](C)(C)C)COC(=O)CCCCCCCCCCCCCCCC/C=C/C/C=C/CC. The topological polar surface area (TPSA) is 102 Å². The Balaban J connectivity index is 4.28. The fraction of sp³-hybridized carbons (Fsp3) is 0.702. The summed E-state index contributed by atoms with van der Waals surface area (Å²) in [6, 6.07) is -0.735. The molecular formula is C57H97NO7. The molecule has 0 saturated carbocycles. The number of quaternary nitrogens is 1. The van der Waals surface area contributed by atoms with Crippen LogP contribution in [0.5, 0.6) is 0 Å². The first kappa shape index (κ1) is 61.5. The standard InChI is InChI=1S/C57H97NO7/c1-6-8-10-12-14-16-18-20-22-24-26-28-30-31-33-35-37-39-41-43-45-47-55(59)64-52-53(51-63-50-49-54(57(61)62)58(3,4)5)65-56(60)48-46-44-42-40-38-36-34-32-29-27-25-23-21-19-17-15-13-11-9-7-2/h8-11,14-17,21,23,27,29,34,36,53-54H,6-7,12-13,18-20,22,24-26,28,30-33,35,37-52H2,1-5H3/b10-8+,11-9+,16-14+,17-15+,23-21+,29-27+,36-34+. The second-order valence-electron chi connectivity index (χ2n) is 18.3. The number of aliphatic carboxylic acids is 1. The number of ether oxygens (including phenoxy) is 3. The second kappa shape index (κ2) is 47.0. The molecule has 0 rings (SSSR count). The van der Waals surface area contributed by atoms with E-state index in [1.807, 2.05) is 0 Å². The van der Waals surface area contributed by atoms with Crippen LogP contribution in [0, 0.1) is 0 Å². The lowest BCUT2D eigenvalue weighted by Gasteiger charge is -2.34. The molecule has 0 N–H and O–H groups in total. The third kappa shape index (κ3) is 45.5. The summed E-state index contributed by atoms with van der Waals surface area (Å²) in [6.45, 7) is 4.43. The fourth-order valence-corrected chi connectivity index (χ4v) is 7.31. The lowest BCUT2D eigenvalue weighted by Crippen LogP contribution is -2.55. The van der Waals surface area contributed by atoms with Crippen molar-refractivity contribution in [2.75, 3.05) is 41.0 Å². The van der Waals surface area contributed by atoms with Gasteiger partial charge in [-0.3, -0.25) is 9.59 Å². The molecule has 0 spiro atoms. The number of likely N-dealkylation sites (N-methyl/N-ethyl adjacent to an activating group) is 1. The van der Waals surface area contributed by atoms with Crippen LogP contribution in [0.2, 0.25) is 0 Å². The number of hydrogen-bond acceptors (Lipinski definition) is 7. The van der Waals surface area contributed by atoms with E-state index in [2.05, 4.69) is 98.9 Å². The predicted octanol–water partition coefficient (Wildman–Crippen LogP) is 13.9. The smallest absolute Gasteiger partial charge is 0.306 e. The Hall–Kier alpha value is -3.49. The largest absolute Gasteiger partial charge is 0.544 e. The molecule has 8 heteroatoms. The molecule has 8 nitrogen and oxygen atoms in total. The average Bonchev–Trinajstić information content (AvgIpc) is 3.27. The minimum absolute atomic E-state index is 0.0268. The molecule has 0 amide bonds. The van der Waals surface area contributed by atoms with E-state index in [-0.39, 0.29) is 49.1 Å². The van der Waals surface area contributed by atoms with Crippen LogP contribution in [0.4, 0.5) is 0 Å². The third-order valence-electron chi connectivity index (χ3n) is 11.3. The fourth-order valence-electron chi connectivity index (χ4n) is 7.31. The summed E-state index contributed by atoms with van der Waals surface area (Å²) in [6.07, 6.45) is 61.9. The van der Waals surface area contributed by atoms with E-state index in [0.717, 1.165) is 96.3 Å². The van der Waals surface area contributed by atoms with Crippen molar-refractivity contribution in [2.45, 2.75) is 219 Å². The molecule has 0 radical (unpaired) electrons. The molecule has 0 heterocycles. The number of allylic oxidation sites excluding steroid dienone is 14. The van der Waals surface area contributed by atoms with Gasteiger partial charge in [-0.1, -0.05) is 189 Å². The number of nitrogens with zero attached hydrogens (tertiary/aromatic N) is 1. The zero-order valence-electron chi connectivity index (χ0n) is 42.4. The molecule has 0 aliphatic heterocycles. The molecule has 372 valence electrons. The highest BCUT2D eigenvalue weighted by Gasteiger charge is 2.25. The zero-order valence-corrected chi connectivity index (χ0v) is 42.4. The summed E-state index contributed by atoms with van der Waals surface area (Å²) in [5, 5.41) is 11.7. The lowest BCUT2D eigenvalue weighted by molar-refractivity contribution is -0.889. The molecule has 0 saturated heterocycles. The second-order valence-corrected chi connectivity index (χ2v) is 18.3. The van der Waals surface area contributed by atoms with E-state index in [1.165, 1.54) is 77.0 Å². The monoisotopic (exact) mass is 908 g/mol. The maximum atomic E-state index is 12.8. The number of carbonyl (C=O) groups is 3. The Bertz CT molecular complexity index is 1330. The Morgan fingerprint density at radius 3 is 1.20 bits per heavy atom. The maximum absolute atomic E-state index is 12.8. The number of rotatable bonds is 46. The Morgan fingerprint density at radius 1 is 0.462 bits per heavy atom. The zero-order chi connectivity index (χ0) is 47.7. The van der Waals surface area contributed by atoms with E-state index in [4.69, 9.17) is 14.2 Å². The molecule has 0 aliphatic rings. The van der Waals surface area contributed by atoms with Crippen LogP contribution in [-0.4, -0.2) is 75.5 Å². The van der Waals surface area contributed by atoms with Crippen LogP contribution < -0.4 is 5.11 Å². The van der Waals surface area contributed by atoms with Crippen molar-refractivity contribution in [3.05, 3.63) is 85.1 Å². The Kier molecular flexibility index (Phi) is 44.5. The first-order valence-electron chi connectivity index (χ1n) is 26.1. The highest BCUT2D eigenvalue weighted by atomic mass is 16.6. The molecule has 65 heavy (non-hydrogen) atoms. The summed E-state index contributed by atoms with van der Waals surface area (Å²) in [5.41, 5.74) is 0. The molecule has 0 fully saturated rings. The quantitative estimate of drug-likeness (QED) is 0.0259. The minimum Gasteiger partial charge on any atom is -0.544 e. The van der Waals surface area contributed by atoms with Crippen molar-refractivity contribution in [1.82, 2.24) is 0 Å². The lowest BCUT2D eigenvalue weighted by atomic mass is 10.0. The number of carbonyl (C=O) groups excluding carboxylic acids is 3.